The van der Waals surface area contributed by atoms with Crippen LogP contribution < -0.4 is 0 Å². The fourth-order valence-electron chi connectivity index (χ4n) is 1.61. The Morgan fingerprint density at radius 1 is 1.06 bits per heavy atom. The average molecular weight is 224 g/mol. The van der Waals surface area contributed by atoms with Crippen LogP contribution in [0, 0.1) is 11.8 Å². The van der Waals surface area contributed by atoms with Crippen molar-refractivity contribution in [3.05, 3.63) is 60.7 Å². The summed E-state index contributed by atoms with van der Waals surface area (Å²) >= 11 is 0. The van der Waals surface area contributed by atoms with Gasteiger partial charge in [0.05, 0.1) is 0 Å². The number of benzene rings is 1. The van der Waals surface area contributed by atoms with Crippen LogP contribution in [0.25, 0.3) is 0 Å². The summed E-state index contributed by atoms with van der Waals surface area (Å²) in [5, 5.41) is 0. The molecule has 88 valence electrons. The maximum Gasteiger partial charge on any atom is 0.0277 e. The Morgan fingerprint density at radius 3 is 2.59 bits per heavy atom. The summed E-state index contributed by atoms with van der Waals surface area (Å²) in [6.07, 6.45) is 9.03. The zero-order valence-electron chi connectivity index (χ0n) is 10.4. The van der Waals surface area contributed by atoms with E-state index in [9.17, 15) is 0 Å². The topological polar surface area (TPSA) is 0 Å². The molecule has 1 aromatic rings. The molecule has 0 aliphatic carbocycles. The van der Waals surface area contributed by atoms with Crippen LogP contribution in [-0.4, -0.2) is 0 Å². The van der Waals surface area contributed by atoms with Gasteiger partial charge in [-0.25, -0.2) is 0 Å². The lowest BCUT2D eigenvalue weighted by atomic mass is 10.0. The van der Waals surface area contributed by atoms with E-state index < -0.39 is 0 Å². The Kier molecular flexibility index (Phi) is 6.60. The second-order valence-electron chi connectivity index (χ2n) is 3.97. The van der Waals surface area contributed by atoms with Gasteiger partial charge < -0.3 is 0 Å². The Labute approximate surface area is 105 Å². The molecular weight excluding hydrogens is 204 g/mol. The second-order valence-corrected chi connectivity index (χ2v) is 3.97. The zero-order valence-corrected chi connectivity index (χ0v) is 10.4. The van der Waals surface area contributed by atoms with Gasteiger partial charge in [0.2, 0.25) is 0 Å². The highest BCUT2D eigenvalue weighted by molar-refractivity contribution is 5.41. The first kappa shape index (κ1) is 13.3. The molecule has 0 aliphatic heterocycles. The van der Waals surface area contributed by atoms with E-state index in [1.165, 1.54) is 5.56 Å². The summed E-state index contributed by atoms with van der Waals surface area (Å²) in [5.74, 6) is 6.49. The first-order valence-corrected chi connectivity index (χ1v) is 6.17. The Balaban J connectivity index is 2.61. The van der Waals surface area contributed by atoms with Crippen LogP contribution in [0.5, 0.6) is 0 Å². The maximum absolute atomic E-state index is 3.76. The Bertz CT molecular complexity index is 415. The van der Waals surface area contributed by atoms with Gasteiger partial charge in [-0.1, -0.05) is 42.2 Å². The van der Waals surface area contributed by atoms with Gasteiger partial charge in [0, 0.05) is 12.0 Å². The van der Waals surface area contributed by atoms with E-state index in [2.05, 4.69) is 43.2 Å². The first-order chi connectivity index (χ1) is 8.38. The van der Waals surface area contributed by atoms with E-state index in [1.807, 2.05) is 18.2 Å². The molecule has 0 bridgehead atoms. The van der Waals surface area contributed by atoms with Crippen LogP contribution in [0.15, 0.2) is 49.6 Å². The van der Waals surface area contributed by atoms with Crippen LogP contribution in [-0.2, 0) is 6.42 Å². The Hall–Kier alpha value is -1.74. The van der Waals surface area contributed by atoms with Gasteiger partial charge in [0.15, 0.2) is 0 Å². The molecule has 1 aromatic carbocycles. The van der Waals surface area contributed by atoms with Crippen molar-refractivity contribution in [3.63, 3.8) is 0 Å². The van der Waals surface area contributed by atoms with Gasteiger partial charge in [-0.2, -0.15) is 0 Å². The lowest BCUT2D eigenvalue weighted by Gasteiger charge is -2.01. The maximum atomic E-state index is 3.76. The fourth-order valence-corrected chi connectivity index (χ4v) is 1.61. The van der Waals surface area contributed by atoms with Crippen molar-refractivity contribution in [1.82, 2.24) is 0 Å². The number of unbranched alkanes of at least 4 members (excludes halogenated alkanes) is 2. The quantitative estimate of drug-likeness (QED) is 0.379. The second kappa shape index (κ2) is 8.42. The molecule has 0 fully saturated rings. The monoisotopic (exact) mass is 224 g/mol. The molecule has 0 unspecified atom stereocenters. The molecule has 0 heterocycles. The van der Waals surface area contributed by atoms with Crippen molar-refractivity contribution < 1.29 is 0 Å². The van der Waals surface area contributed by atoms with E-state index >= 15 is 0 Å². The molecule has 0 spiro atoms. The summed E-state index contributed by atoms with van der Waals surface area (Å²) in [4.78, 5) is 0. The third-order valence-corrected chi connectivity index (χ3v) is 2.57. The molecule has 0 saturated heterocycles. The lowest BCUT2D eigenvalue weighted by molar-refractivity contribution is 0.886. The molecule has 0 radical (unpaired) electrons. The number of hydrogen-bond donors (Lipinski definition) is 0. The predicted molar refractivity (Wildman–Crippen MR) is 75.9 cm³/mol. The van der Waals surface area contributed by atoms with Crippen molar-refractivity contribution in [2.75, 3.05) is 0 Å². The van der Waals surface area contributed by atoms with Crippen molar-refractivity contribution in [2.24, 2.45) is 0 Å². The SMILES string of the molecule is C=CCCCC#Cc1ccccc1CCC=C. The first-order valence-electron chi connectivity index (χ1n) is 6.17. The molecular formula is C17H20. The number of aryl methyl sites for hydroxylation is 1. The van der Waals surface area contributed by atoms with Gasteiger partial charge >= 0.3 is 0 Å². The van der Waals surface area contributed by atoms with Gasteiger partial charge in [0.1, 0.15) is 0 Å². The highest BCUT2D eigenvalue weighted by Gasteiger charge is 1.96. The van der Waals surface area contributed by atoms with E-state index in [4.69, 9.17) is 0 Å². The Morgan fingerprint density at radius 2 is 1.82 bits per heavy atom. The van der Waals surface area contributed by atoms with Crippen molar-refractivity contribution >= 4 is 0 Å². The summed E-state index contributed by atoms with van der Waals surface area (Å²) in [6.45, 7) is 7.46. The van der Waals surface area contributed by atoms with Crippen molar-refractivity contribution in [2.45, 2.75) is 32.1 Å². The molecule has 0 amide bonds. The average Bonchev–Trinajstić information content (AvgIpc) is 2.37. The van der Waals surface area contributed by atoms with Crippen LogP contribution in [0.2, 0.25) is 0 Å². The number of rotatable bonds is 6. The summed E-state index contributed by atoms with van der Waals surface area (Å²) < 4.78 is 0. The van der Waals surface area contributed by atoms with Gasteiger partial charge in [-0.3, -0.25) is 0 Å². The van der Waals surface area contributed by atoms with Crippen LogP contribution in [0.4, 0.5) is 0 Å². The zero-order chi connectivity index (χ0) is 12.3. The smallest absolute Gasteiger partial charge is 0.0277 e. The minimum atomic E-state index is 0.946. The molecule has 0 nitrogen and oxygen atoms in total. The highest BCUT2D eigenvalue weighted by atomic mass is 14.0. The highest BCUT2D eigenvalue weighted by Crippen LogP contribution is 2.10. The molecule has 0 N–H and O–H groups in total. The van der Waals surface area contributed by atoms with Crippen LogP contribution in [0.3, 0.4) is 0 Å². The van der Waals surface area contributed by atoms with Crippen molar-refractivity contribution in [3.8, 4) is 11.8 Å². The van der Waals surface area contributed by atoms with Gasteiger partial charge in [-0.05, 0) is 37.3 Å². The molecule has 0 atom stereocenters. The van der Waals surface area contributed by atoms with Gasteiger partial charge in [0.25, 0.3) is 0 Å². The molecule has 0 heteroatoms. The fraction of sp³-hybridized carbons (Fsp3) is 0.294. The standard InChI is InChI=1S/C17H20/c1-3-5-7-8-9-13-17-15-11-10-14-16(17)12-6-4-2/h3-4,10-11,14-15H,1-2,5-8,12H2. The van der Waals surface area contributed by atoms with E-state index in [1.54, 1.807) is 0 Å². The molecule has 0 saturated carbocycles. The largest absolute Gasteiger partial charge is 0.103 e. The molecule has 17 heavy (non-hydrogen) atoms. The molecule has 1 rings (SSSR count). The summed E-state index contributed by atoms with van der Waals surface area (Å²) in [6, 6.07) is 8.36. The minimum absolute atomic E-state index is 0.946. The normalized spacial score (nSPS) is 9.18. The number of hydrogen-bond acceptors (Lipinski definition) is 0. The van der Waals surface area contributed by atoms with Crippen molar-refractivity contribution in [1.29, 1.82) is 0 Å². The van der Waals surface area contributed by atoms with Crippen LogP contribution in [0.1, 0.15) is 36.8 Å². The molecule has 0 aromatic heterocycles. The third kappa shape index (κ3) is 5.22. The van der Waals surface area contributed by atoms with Gasteiger partial charge in [-0.15, -0.1) is 13.2 Å². The lowest BCUT2D eigenvalue weighted by Crippen LogP contribution is -1.88. The minimum Gasteiger partial charge on any atom is -0.103 e. The van der Waals surface area contributed by atoms with Crippen LogP contribution >= 0.6 is 0 Å². The van der Waals surface area contributed by atoms with E-state index in [0.29, 0.717) is 0 Å². The van der Waals surface area contributed by atoms with E-state index in [0.717, 1.165) is 37.7 Å². The summed E-state index contributed by atoms with van der Waals surface area (Å²) in [7, 11) is 0. The number of allylic oxidation sites excluding steroid dienone is 2. The summed E-state index contributed by atoms with van der Waals surface area (Å²) in [5.41, 5.74) is 2.48. The third-order valence-electron chi connectivity index (χ3n) is 2.57. The molecule has 0 aliphatic rings. The predicted octanol–water partition coefficient (Wildman–Crippen LogP) is 4.51. The van der Waals surface area contributed by atoms with E-state index in [-0.39, 0.29) is 0 Å².